The van der Waals surface area contributed by atoms with Gasteiger partial charge in [0.1, 0.15) is 11.6 Å². The van der Waals surface area contributed by atoms with Crippen LogP contribution in [0.2, 0.25) is 5.02 Å². The molecule has 9 heteroatoms. The van der Waals surface area contributed by atoms with Gasteiger partial charge in [-0.15, -0.1) is 0 Å². The molecule has 1 amide bonds. The number of likely N-dealkylation sites (tertiary alicyclic amines) is 2. The lowest BCUT2D eigenvalue weighted by Crippen LogP contribution is -2.43. The number of carbonyl (C=O) groups excluding carboxylic acids is 1. The molecule has 2 atom stereocenters. The zero-order valence-electron chi connectivity index (χ0n) is 19.2. The van der Waals surface area contributed by atoms with Gasteiger partial charge in [-0.3, -0.25) is 4.79 Å². The molecule has 1 aromatic carbocycles. The van der Waals surface area contributed by atoms with E-state index in [0.717, 1.165) is 50.2 Å². The van der Waals surface area contributed by atoms with Gasteiger partial charge in [0.05, 0.1) is 23.7 Å². The molecule has 2 fully saturated rings. The van der Waals surface area contributed by atoms with E-state index in [1.54, 1.807) is 30.3 Å². The third-order valence-corrected chi connectivity index (χ3v) is 6.76. The first kappa shape index (κ1) is 23.3. The summed E-state index contributed by atoms with van der Waals surface area (Å²) in [7, 11) is 1.54. The van der Waals surface area contributed by atoms with E-state index in [4.69, 9.17) is 27.1 Å². The first-order valence-electron chi connectivity index (χ1n) is 11.3. The fourth-order valence-corrected chi connectivity index (χ4v) is 4.91. The molecule has 0 aromatic heterocycles. The molecular formula is C24H31ClN6O2. The number of piperidine rings is 1. The Hall–Kier alpha value is -2.84. The predicted octanol–water partition coefficient (Wildman–Crippen LogP) is 3.45. The van der Waals surface area contributed by atoms with Gasteiger partial charge in [-0.25, -0.2) is 10.0 Å². The van der Waals surface area contributed by atoms with Crippen molar-refractivity contribution in [3.8, 4) is 5.75 Å². The van der Waals surface area contributed by atoms with Crippen LogP contribution < -0.4 is 10.5 Å². The van der Waals surface area contributed by atoms with Gasteiger partial charge in [-0.2, -0.15) is 5.10 Å². The Morgan fingerprint density at radius 2 is 2.15 bits per heavy atom. The molecular weight excluding hydrogens is 440 g/mol. The van der Waals surface area contributed by atoms with Crippen molar-refractivity contribution in [2.75, 3.05) is 26.7 Å². The SMILES string of the molecule is C=NN1C=C(C)C(N2CC[C@H](N)C2)=N/C1=C/C1CCCCN1C(=O)c1cccc(OC)c1Cl. The van der Waals surface area contributed by atoms with Crippen molar-refractivity contribution in [2.45, 2.75) is 44.7 Å². The number of hydrogen-bond acceptors (Lipinski definition) is 7. The minimum atomic E-state index is -0.134. The molecule has 33 heavy (non-hydrogen) atoms. The molecule has 4 rings (SSSR count). The Labute approximate surface area is 200 Å². The van der Waals surface area contributed by atoms with Crippen LogP contribution in [0.5, 0.6) is 5.75 Å². The van der Waals surface area contributed by atoms with E-state index in [0.29, 0.717) is 28.7 Å². The third-order valence-electron chi connectivity index (χ3n) is 6.37. The molecule has 3 heterocycles. The zero-order valence-corrected chi connectivity index (χ0v) is 20.0. The molecule has 0 aliphatic carbocycles. The van der Waals surface area contributed by atoms with Crippen LogP contribution in [-0.2, 0) is 0 Å². The van der Waals surface area contributed by atoms with Crippen LogP contribution in [-0.4, -0.2) is 72.1 Å². The van der Waals surface area contributed by atoms with Gasteiger partial charge in [-0.1, -0.05) is 17.7 Å². The molecule has 176 valence electrons. The maximum Gasteiger partial charge on any atom is 0.256 e. The van der Waals surface area contributed by atoms with Crippen molar-refractivity contribution in [1.29, 1.82) is 0 Å². The number of amides is 1. The molecule has 0 radical (unpaired) electrons. The summed E-state index contributed by atoms with van der Waals surface area (Å²) < 4.78 is 5.30. The van der Waals surface area contributed by atoms with Crippen LogP contribution in [0.3, 0.4) is 0 Å². The smallest absolute Gasteiger partial charge is 0.256 e. The summed E-state index contributed by atoms with van der Waals surface area (Å²) in [6, 6.07) is 5.29. The lowest BCUT2D eigenvalue weighted by atomic mass is 10.00. The van der Waals surface area contributed by atoms with Gasteiger partial charge in [0.25, 0.3) is 5.91 Å². The Bertz CT molecular complexity index is 1020. The molecule has 2 N–H and O–H groups in total. The number of amidine groups is 1. The number of hydrazone groups is 1. The van der Waals surface area contributed by atoms with E-state index in [1.165, 1.54) is 0 Å². The largest absolute Gasteiger partial charge is 0.495 e. The molecule has 0 spiro atoms. The first-order valence-corrected chi connectivity index (χ1v) is 11.7. The van der Waals surface area contributed by atoms with Crippen LogP contribution in [0.25, 0.3) is 0 Å². The van der Waals surface area contributed by atoms with Crippen molar-refractivity contribution < 1.29 is 9.53 Å². The number of ether oxygens (including phenoxy) is 1. The van der Waals surface area contributed by atoms with Gasteiger partial charge in [0.2, 0.25) is 0 Å². The maximum absolute atomic E-state index is 13.5. The van der Waals surface area contributed by atoms with Crippen LogP contribution in [0.1, 0.15) is 43.0 Å². The lowest BCUT2D eigenvalue weighted by Gasteiger charge is -2.35. The summed E-state index contributed by atoms with van der Waals surface area (Å²) in [5.74, 6) is 1.93. The maximum atomic E-state index is 13.5. The lowest BCUT2D eigenvalue weighted by molar-refractivity contribution is 0.0662. The predicted molar refractivity (Wildman–Crippen MR) is 132 cm³/mol. The fraction of sp³-hybridized carbons (Fsp3) is 0.458. The van der Waals surface area contributed by atoms with Gasteiger partial charge in [0, 0.05) is 44.2 Å². The second-order valence-corrected chi connectivity index (χ2v) is 9.01. The molecule has 3 aliphatic heterocycles. The number of nitrogens with two attached hydrogens (primary N) is 1. The number of carbonyl (C=O) groups is 1. The highest BCUT2D eigenvalue weighted by Crippen LogP contribution is 2.31. The van der Waals surface area contributed by atoms with Crippen LogP contribution in [0, 0.1) is 0 Å². The van der Waals surface area contributed by atoms with Crippen molar-refractivity contribution in [3.63, 3.8) is 0 Å². The van der Waals surface area contributed by atoms with Crippen molar-refractivity contribution in [3.05, 3.63) is 52.5 Å². The number of aliphatic imine (C=N–C) groups is 1. The van der Waals surface area contributed by atoms with E-state index in [9.17, 15) is 4.79 Å². The van der Waals surface area contributed by atoms with E-state index < -0.39 is 0 Å². The zero-order chi connectivity index (χ0) is 23.5. The molecule has 0 bridgehead atoms. The minimum absolute atomic E-state index is 0.115. The highest BCUT2D eigenvalue weighted by Gasteiger charge is 2.31. The standard InChI is InChI=1S/C24H31ClN6O2/c1-16-14-31(27-2)21(28-23(16)29-12-10-17(26)15-29)13-18-7-4-5-11-30(18)24(32)19-8-6-9-20(33-3)22(19)25/h6,8-9,13-14,17-18H,2,4-5,7,10-12,15,26H2,1,3H3/b21-13-/t17-,18?/m0/s1. The minimum Gasteiger partial charge on any atom is -0.495 e. The Morgan fingerprint density at radius 3 is 2.85 bits per heavy atom. The van der Waals surface area contributed by atoms with Crippen molar-refractivity contribution in [2.24, 2.45) is 15.8 Å². The molecule has 1 aromatic rings. The Morgan fingerprint density at radius 1 is 1.33 bits per heavy atom. The van der Waals surface area contributed by atoms with E-state index in [1.807, 2.05) is 24.1 Å². The summed E-state index contributed by atoms with van der Waals surface area (Å²) in [5.41, 5.74) is 7.57. The first-order chi connectivity index (χ1) is 15.9. The second-order valence-electron chi connectivity index (χ2n) is 8.64. The van der Waals surface area contributed by atoms with Crippen LogP contribution >= 0.6 is 11.6 Å². The van der Waals surface area contributed by atoms with Gasteiger partial charge < -0.3 is 20.3 Å². The topological polar surface area (TPSA) is 86.8 Å². The van der Waals surface area contributed by atoms with E-state index in [-0.39, 0.29) is 18.0 Å². The van der Waals surface area contributed by atoms with Crippen LogP contribution in [0.4, 0.5) is 0 Å². The molecule has 3 aliphatic rings. The molecule has 8 nitrogen and oxygen atoms in total. The number of methoxy groups -OCH3 is 1. The number of rotatable bonds is 4. The Balaban J connectivity index is 1.65. The van der Waals surface area contributed by atoms with Gasteiger partial charge >= 0.3 is 0 Å². The average Bonchev–Trinajstić information content (AvgIpc) is 3.26. The van der Waals surface area contributed by atoms with Gasteiger partial charge in [-0.05, 0) is 50.8 Å². The fourth-order valence-electron chi connectivity index (χ4n) is 4.63. The summed E-state index contributed by atoms with van der Waals surface area (Å²) in [5, 5.41) is 6.14. The summed E-state index contributed by atoms with van der Waals surface area (Å²) in [6.45, 7) is 8.02. The molecule has 0 saturated carbocycles. The summed E-state index contributed by atoms with van der Waals surface area (Å²) in [6.07, 6.45) is 7.69. The molecule has 1 unspecified atom stereocenters. The van der Waals surface area contributed by atoms with Gasteiger partial charge in [0.15, 0.2) is 5.82 Å². The van der Waals surface area contributed by atoms with E-state index >= 15 is 0 Å². The summed E-state index contributed by atoms with van der Waals surface area (Å²) in [4.78, 5) is 22.5. The number of hydrogen-bond donors (Lipinski definition) is 1. The molecule has 2 saturated heterocycles. The van der Waals surface area contributed by atoms with Crippen molar-refractivity contribution >= 4 is 30.1 Å². The average molecular weight is 471 g/mol. The number of halogens is 1. The monoisotopic (exact) mass is 470 g/mol. The normalized spacial score (nSPS) is 24.6. The third kappa shape index (κ3) is 4.77. The highest BCUT2D eigenvalue weighted by molar-refractivity contribution is 6.35. The number of nitrogens with zero attached hydrogens (tertiary/aromatic N) is 5. The quantitative estimate of drug-likeness (QED) is 0.681. The summed E-state index contributed by atoms with van der Waals surface area (Å²) >= 11 is 6.46. The van der Waals surface area contributed by atoms with Crippen LogP contribution in [0.15, 0.2) is 52.0 Å². The second kappa shape index (κ2) is 9.97. The number of benzene rings is 1. The Kier molecular flexibility index (Phi) is 7.05. The van der Waals surface area contributed by atoms with Crippen molar-refractivity contribution in [1.82, 2.24) is 14.8 Å². The highest BCUT2D eigenvalue weighted by atomic mass is 35.5. The van der Waals surface area contributed by atoms with E-state index in [2.05, 4.69) is 16.7 Å².